The molecule has 2 N–H and O–H groups in total. The van der Waals surface area contributed by atoms with E-state index in [0.29, 0.717) is 27.1 Å². The number of fused-ring (bicyclic) bond motifs is 1. The number of rotatable bonds is 5. The van der Waals surface area contributed by atoms with Gasteiger partial charge in [0, 0.05) is 16.1 Å². The third kappa shape index (κ3) is 4.36. The van der Waals surface area contributed by atoms with E-state index >= 15 is 0 Å². The SMILES string of the molecule is C[C@H](c1ccc(Cl)cc1Cl)n1nc(C#N)c2ncc(C3=CCC(N4CCCC4C(N)=O)[C@@H](C)C3)nc21. The van der Waals surface area contributed by atoms with Crippen LogP contribution in [0.2, 0.25) is 10.0 Å². The largest absolute Gasteiger partial charge is 0.368 e. The lowest BCUT2D eigenvalue weighted by Crippen LogP contribution is -2.48. The highest BCUT2D eigenvalue weighted by molar-refractivity contribution is 6.35. The molecule has 3 aromatic rings. The molecule has 2 unspecified atom stereocenters. The molecule has 3 heterocycles. The minimum Gasteiger partial charge on any atom is -0.368 e. The van der Waals surface area contributed by atoms with Gasteiger partial charge in [0.25, 0.3) is 0 Å². The minimum absolute atomic E-state index is 0.177. The average molecular weight is 524 g/mol. The summed E-state index contributed by atoms with van der Waals surface area (Å²) < 4.78 is 1.71. The minimum atomic E-state index is -0.284. The van der Waals surface area contributed by atoms with E-state index in [1.807, 2.05) is 13.0 Å². The molecule has 1 aliphatic carbocycles. The van der Waals surface area contributed by atoms with Crippen LogP contribution >= 0.6 is 23.2 Å². The van der Waals surface area contributed by atoms with Crippen LogP contribution < -0.4 is 5.73 Å². The van der Waals surface area contributed by atoms with Crippen LogP contribution in [0.3, 0.4) is 0 Å². The van der Waals surface area contributed by atoms with E-state index in [2.05, 4.69) is 34.1 Å². The Morgan fingerprint density at radius 2 is 2.14 bits per heavy atom. The molecule has 0 radical (unpaired) electrons. The standard InChI is InChI=1S/C26H27Cl2N7O/c1-14-10-16(5-8-22(14)34-9-3-4-23(34)25(30)36)21-13-31-24-20(12-29)33-35(26(24)32-21)15(2)18-7-6-17(27)11-19(18)28/h5-7,11,13-15,22-23H,3-4,8-10H2,1-2H3,(H2,30,36)/t14-,15+,22?,23?/m0/s1. The maximum Gasteiger partial charge on any atom is 0.234 e. The van der Waals surface area contributed by atoms with E-state index < -0.39 is 0 Å². The molecule has 10 heteroatoms. The lowest BCUT2D eigenvalue weighted by Gasteiger charge is -2.38. The van der Waals surface area contributed by atoms with Gasteiger partial charge in [-0.25, -0.2) is 14.6 Å². The van der Waals surface area contributed by atoms with Gasteiger partial charge in [-0.3, -0.25) is 9.69 Å². The van der Waals surface area contributed by atoms with Gasteiger partial charge in [-0.1, -0.05) is 42.3 Å². The summed E-state index contributed by atoms with van der Waals surface area (Å²) >= 11 is 12.5. The lowest BCUT2D eigenvalue weighted by molar-refractivity contribution is -0.123. The van der Waals surface area contributed by atoms with Gasteiger partial charge < -0.3 is 5.73 Å². The number of hydrogen-bond donors (Lipinski definition) is 1. The van der Waals surface area contributed by atoms with Crippen LogP contribution in [-0.4, -0.2) is 49.2 Å². The van der Waals surface area contributed by atoms with E-state index in [1.165, 1.54) is 0 Å². The summed E-state index contributed by atoms with van der Waals surface area (Å²) in [5, 5.41) is 15.2. The predicted molar refractivity (Wildman–Crippen MR) is 139 cm³/mol. The number of nitriles is 1. The topological polar surface area (TPSA) is 114 Å². The van der Waals surface area contributed by atoms with Crippen molar-refractivity contribution in [2.24, 2.45) is 11.7 Å². The molecule has 0 spiro atoms. The van der Waals surface area contributed by atoms with Crippen molar-refractivity contribution in [3.05, 3.63) is 57.5 Å². The Bertz CT molecular complexity index is 1410. The van der Waals surface area contributed by atoms with Crippen LogP contribution in [0.5, 0.6) is 0 Å². The Morgan fingerprint density at radius 1 is 1.33 bits per heavy atom. The maximum absolute atomic E-state index is 11.9. The smallest absolute Gasteiger partial charge is 0.234 e. The van der Waals surface area contributed by atoms with Gasteiger partial charge in [-0.05, 0) is 68.3 Å². The number of nitrogens with two attached hydrogens (primary N) is 1. The Labute approximate surface area is 219 Å². The van der Waals surface area contributed by atoms with Crippen LogP contribution in [-0.2, 0) is 4.79 Å². The normalized spacial score (nSPS) is 23.4. The van der Waals surface area contributed by atoms with Crippen molar-refractivity contribution in [2.45, 2.75) is 57.7 Å². The first-order valence-electron chi connectivity index (χ1n) is 12.1. The molecular formula is C26H27Cl2N7O. The molecule has 36 heavy (non-hydrogen) atoms. The summed E-state index contributed by atoms with van der Waals surface area (Å²) in [5.41, 5.74) is 9.57. The van der Waals surface area contributed by atoms with E-state index in [1.54, 1.807) is 23.0 Å². The fourth-order valence-corrected chi connectivity index (χ4v) is 6.17. The number of amides is 1. The highest BCUT2D eigenvalue weighted by Crippen LogP contribution is 2.37. The van der Waals surface area contributed by atoms with Gasteiger partial charge in [0.1, 0.15) is 11.6 Å². The molecule has 5 rings (SSSR count). The third-order valence-electron chi connectivity index (χ3n) is 7.47. The summed E-state index contributed by atoms with van der Waals surface area (Å²) in [6.45, 7) is 5.07. The molecule has 1 fully saturated rings. The number of hydrogen-bond acceptors (Lipinski definition) is 6. The highest BCUT2D eigenvalue weighted by atomic mass is 35.5. The predicted octanol–water partition coefficient (Wildman–Crippen LogP) is 4.75. The number of halogens is 2. The Hall–Kier alpha value is -2.99. The zero-order chi connectivity index (χ0) is 25.6. The van der Waals surface area contributed by atoms with Crippen LogP contribution in [0.15, 0.2) is 30.5 Å². The Kier molecular flexibility index (Phi) is 6.73. The number of primary amides is 1. The zero-order valence-electron chi connectivity index (χ0n) is 20.2. The van der Waals surface area contributed by atoms with Crippen molar-refractivity contribution in [2.75, 3.05) is 6.54 Å². The second kappa shape index (κ2) is 9.81. The molecule has 186 valence electrons. The first-order valence-corrected chi connectivity index (χ1v) is 12.9. The van der Waals surface area contributed by atoms with E-state index in [-0.39, 0.29) is 29.7 Å². The van der Waals surface area contributed by atoms with Gasteiger partial charge in [0.2, 0.25) is 5.91 Å². The fourth-order valence-electron chi connectivity index (χ4n) is 5.61. The summed E-state index contributed by atoms with van der Waals surface area (Å²) in [6.07, 6.45) is 7.37. The van der Waals surface area contributed by atoms with Crippen LogP contribution in [0, 0.1) is 17.2 Å². The summed E-state index contributed by atoms with van der Waals surface area (Å²) in [4.78, 5) is 23.7. The number of nitrogens with zero attached hydrogens (tertiary/aromatic N) is 6. The number of carbonyl (C=O) groups excluding carboxylic acids is 1. The molecule has 1 aromatic carbocycles. The molecule has 1 aliphatic heterocycles. The van der Waals surface area contributed by atoms with Crippen molar-refractivity contribution >= 4 is 45.8 Å². The first-order chi connectivity index (χ1) is 17.3. The second-order valence-corrected chi connectivity index (χ2v) is 10.5. The molecular weight excluding hydrogens is 497 g/mol. The molecule has 8 nitrogen and oxygen atoms in total. The Balaban J connectivity index is 1.49. The van der Waals surface area contributed by atoms with Gasteiger partial charge in [0.05, 0.1) is 24.0 Å². The summed E-state index contributed by atoms with van der Waals surface area (Å²) in [6, 6.07) is 7.27. The summed E-state index contributed by atoms with van der Waals surface area (Å²) in [5.74, 6) is 0.0936. The zero-order valence-corrected chi connectivity index (χ0v) is 21.7. The molecule has 4 atom stereocenters. The maximum atomic E-state index is 11.9. The van der Waals surface area contributed by atoms with E-state index in [4.69, 9.17) is 33.9 Å². The van der Waals surface area contributed by atoms with E-state index in [9.17, 15) is 10.1 Å². The van der Waals surface area contributed by atoms with Gasteiger partial charge in [-0.2, -0.15) is 10.4 Å². The molecule has 0 bridgehead atoms. The summed E-state index contributed by atoms with van der Waals surface area (Å²) in [7, 11) is 0. The number of likely N-dealkylation sites (tertiary alicyclic amines) is 1. The molecule has 0 saturated carbocycles. The quantitative estimate of drug-likeness (QED) is 0.516. The monoisotopic (exact) mass is 523 g/mol. The van der Waals surface area contributed by atoms with Crippen LogP contribution in [0.4, 0.5) is 0 Å². The van der Waals surface area contributed by atoms with Crippen molar-refractivity contribution in [1.29, 1.82) is 5.26 Å². The van der Waals surface area contributed by atoms with Gasteiger partial charge in [0.15, 0.2) is 11.3 Å². The van der Waals surface area contributed by atoms with Crippen molar-refractivity contribution in [1.82, 2.24) is 24.6 Å². The van der Waals surface area contributed by atoms with Gasteiger partial charge in [-0.15, -0.1) is 0 Å². The van der Waals surface area contributed by atoms with E-state index in [0.717, 1.165) is 49.1 Å². The second-order valence-electron chi connectivity index (χ2n) is 9.69. The van der Waals surface area contributed by atoms with Crippen molar-refractivity contribution < 1.29 is 4.79 Å². The fraction of sp³-hybridized carbons (Fsp3) is 0.423. The molecule has 1 amide bonds. The number of allylic oxidation sites excluding steroid dienone is 1. The number of aromatic nitrogens is 4. The molecule has 2 aromatic heterocycles. The van der Waals surface area contributed by atoms with Gasteiger partial charge >= 0.3 is 0 Å². The first kappa shape index (κ1) is 24.7. The Morgan fingerprint density at radius 3 is 2.83 bits per heavy atom. The average Bonchev–Trinajstić information content (AvgIpc) is 3.48. The van der Waals surface area contributed by atoms with Crippen LogP contribution in [0.25, 0.3) is 16.7 Å². The van der Waals surface area contributed by atoms with Crippen LogP contribution in [0.1, 0.15) is 62.5 Å². The highest BCUT2D eigenvalue weighted by Gasteiger charge is 2.37. The number of benzene rings is 1. The molecule has 1 saturated heterocycles. The van der Waals surface area contributed by atoms with Crippen molar-refractivity contribution in [3.8, 4) is 6.07 Å². The van der Waals surface area contributed by atoms with Crippen molar-refractivity contribution in [3.63, 3.8) is 0 Å². The molecule has 2 aliphatic rings. The number of carbonyl (C=O) groups is 1. The third-order valence-corrected chi connectivity index (χ3v) is 8.03. The lowest BCUT2D eigenvalue weighted by atomic mass is 9.83.